The lowest BCUT2D eigenvalue weighted by Gasteiger charge is -1.79. The monoisotopic (exact) mass is 186 g/mol. The molecular weight excluding hydrogens is 172 g/mol. The number of nitrogens with zero attached hydrogens (tertiary/aromatic N) is 1. The van der Waals surface area contributed by atoms with E-state index < -0.39 is 0 Å². The number of rotatable bonds is 3. The van der Waals surface area contributed by atoms with Crippen LogP contribution in [-0.4, -0.2) is 4.98 Å². The Labute approximate surface area is 83.9 Å². The van der Waals surface area contributed by atoms with Crippen LogP contribution in [0.5, 0.6) is 0 Å². The fraction of sp³-hybridized carbons (Fsp3) is 0.250. The maximum Gasteiger partial charge on any atom is 0.0663 e. The lowest BCUT2D eigenvalue weighted by molar-refractivity contribution is 1.27. The van der Waals surface area contributed by atoms with Gasteiger partial charge in [-0.1, -0.05) is 25.2 Å². The molecule has 0 unspecified atom stereocenters. The zero-order valence-electron chi connectivity index (χ0n) is 8.33. The van der Waals surface area contributed by atoms with Crippen LogP contribution in [-0.2, 0) is 0 Å². The predicted octanol–water partition coefficient (Wildman–Crippen LogP) is 1.46. The third-order valence-electron chi connectivity index (χ3n) is 1.84. The molecule has 0 spiro atoms. The van der Waals surface area contributed by atoms with Gasteiger partial charge in [-0.15, -0.1) is 0 Å². The Hall–Kier alpha value is -1.75. The summed E-state index contributed by atoms with van der Waals surface area (Å²) < 4.78 is 0. The first-order valence-corrected chi connectivity index (χ1v) is 4.76. The smallest absolute Gasteiger partial charge is 0.0663 e. The maximum atomic E-state index is 8.33. The van der Waals surface area contributed by atoms with Crippen LogP contribution in [0.4, 0.5) is 0 Å². The minimum Gasteiger partial charge on any atom is -0.361 e. The summed E-state index contributed by atoms with van der Waals surface area (Å²) in [4.78, 5) is 3.15. The molecule has 14 heavy (non-hydrogen) atoms. The molecule has 2 heteroatoms. The number of nitriles is 1. The van der Waals surface area contributed by atoms with E-state index in [9.17, 15) is 0 Å². The number of allylic oxidation sites excluding steroid dienone is 2. The molecule has 0 bridgehead atoms. The van der Waals surface area contributed by atoms with Crippen LogP contribution in [0.3, 0.4) is 0 Å². The van der Waals surface area contributed by atoms with Crippen molar-refractivity contribution >= 4 is 12.2 Å². The van der Waals surface area contributed by atoms with Crippen molar-refractivity contribution in [2.75, 3.05) is 0 Å². The fourth-order valence-electron chi connectivity index (χ4n) is 1.22. The topological polar surface area (TPSA) is 39.6 Å². The number of hydrogen-bond donors (Lipinski definition) is 1. The minimum absolute atomic E-state index is 0.462. The summed E-state index contributed by atoms with van der Waals surface area (Å²) in [7, 11) is 0. The van der Waals surface area contributed by atoms with E-state index in [-0.39, 0.29) is 0 Å². The first kappa shape index (κ1) is 10.3. The third kappa shape index (κ3) is 2.95. The van der Waals surface area contributed by atoms with Gasteiger partial charge in [0.05, 0.1) is 12.5 Å². The summed E-state index contributed by atoms with van der Waals surface area (Å²) in [6.07, 6.45) is 11.3. The average molecular weight is 186 g/mol. The average Bonchev–Trinajstić information content (AvgIpc) is 2.61. The molecular formula is C12H14N2. The molecule has 1 rings (SSSR count). The Bertz CT molecular complexity index is 443. The van der Waals surface area contributed by atoms with Crippen molar-refractivity contribution in [1.82, 2.24) is 4.98 Å². The second-order valence-corrected chi connectivity index (χ2v) is 2.92. The van der Waals surface area contributed by atoms with Crippen molar-refractivity contribution in [3.8, 4) is 6.07 Å². The van der Waals surface area contributed by atoms with Gasteiger partial charge < -0.3 is 4.98 Å². The lowest BCUT2D eigenvalue weighted by Crippen LogP contribution is -2.21. The summed E-state index contributed by atoms with van der Waals surface area (Å²) in [6.45, 7) is 2.11. The zero-order chi connectivity index (χ0) is 10.2. The largest absolute Gasteiger partial charge is 0.361 e. The number of H-pyrrole nitrogens is 1. The molecule has 0 fully saturated rings. The van der Waals surface area contributed by atoms with Crippen LogP contribution in [0.1, 0.15) is 19.8 Å². The molecule has 0 saturated carbocycles. The highest BCUT2D eigenvalue weighted by Gasteiger charge is 1.82. The Balaban J connectivity index is 2.91. The van der Waals surface area contributed by atoms with E-state index in [0.29, 0.717) is 6.42 Å². The van der Waals surface area contributed by atoms with Crippen molar-refractivity contribution < 1.29 is 0 Å². The standard InChI is InChI=1S/C12H14N2/c1-2-6-11-8-10-14-12(11)7-4-3-5-9-13/h3-4,6-8,10,14H,2,5H2,1H3/b4-3-,11-6-,12-7+. The summed E-state index contributed by atoms with van der Waals surface area (Å²) in [6, 6.07) is 4.11. The van der Waals surface area contributed by atoms with Crippen LogP contribution in [0.15, 0.2) is 24.4 Å². The van der Waals surface area contributed by atoms with Gasteiger partial charge in [0, 0.05) is 11.5 Å². The third-order valence-corrected chi connectivity index (χ3v) is 1.84. The van der Waals surface area contributed by atoms with E-state index in [0.717, 1.165) is 11.8 Å². The highest BCUT2D eigenvalue weighted by atomic mass is 14.6. The molecule has 0 aliphatic carbocycles. The molecule has 1 heterocycles. The van der Waals surface area contributed by atoms with Crippen molar-refractivity contribution in [1.29, 1.82) is 5.26 Å². The van der Waals surface area contributed by atoms with Gasteiger partial charge in [0.1, 0.15) is 0 Å². The van der Waals surface area contributed by atoms with Gasteiger partial charge in [0.2, 0.25) is 0 Å². The van der Waals surface area contributed by atoms with Gasteiger partial charge in [0.15, 0.2) is 0 Å². The van der Waals surface area contributed by atoms with E-state index in [1.807, 2.05) is 30.5 Å². The highest BCUT2D eigenvalue weighted by molar-refractivity contribution is 5.37. The Morgan fingerprint density at radius 1 is 1.57 bits per heavy atom. The molecule has 2 nitrogen and oxygen atoms in total. The molecule has 0 aliphatic rings. The van der Waals surface area contributed by atoms with Gasteiger partial charge in [-0.3, -0.25) is 0 Å². The molecule has 1 aromatic heterocycles. The van der Waals surface area contributed by atoms with Crippen LogP contribution < -0.4 is 10.6 Å². The second-order valence-electron chi connectivity index (χ2n) is 2.92. The molecule has 0 amide bonds. The van der Waals surface area contributed by atoms with Gasteiger partial charge in [0.25, 0.3) is 0 Å². The summed E-state index contributed by atoms with van der Waals surface area (Å²) >= 11 is 0. The van der Waals surface area contributed by atoms with Gasteiger partial charge in [-0.2, -0.15) is 5.26 Å². The highest BCUT2D eigenvalue weighted by Crippen LogP contribution is 1.80. The van der Waals surface area contributed by atoms with E-state index >= 15 is 0 Å². The predicted molar refractivity (Wildman–Crippen MR) is 58.6 cm³/mol. The van der Waals surface area contributed by atoms with E-state index in [4.69, 9.17) is 5.26 Å². The van der Waals surface area contributed by atoms with Crippen LogP contribution in [0, 0.1) is 11.3 Å². The molecule has 0 radical (unpaired) electrons. The van der Waals surface area contributed by atoms with Crippen molar-refractivity contribution in [2.45, 2.75) is 19.8 Å². The maximum absolute atomic E-state index is 8.33. The molecule has 1 N–H and O–H groups in total. The number of nitrogens with one attached hydrogen (secondary N) is 1. The summed E-state index contributed by atoms with van der Waals surface area (Å²) in [5.41, 5.74) is 0. The molecule has 72 valence electrons. The number of aromatic nitrogens is 1. The Kier molecular flexibility index (Phi) is 4.30. The molecule has 0 saturated heterocycles. The number of aromatic amines is 1. The fourth-order valence-corrected chi connectivity index (χ4v) is 1.22. The van der Waals surface area contributed by atoms with E-state index in [2.05, 4.69) is 24.1 Å². The zero-order valence-corrected chi connectivity index (χ0v) is 8.33. The summed E-state index contributed by atoms with van der Waals surface area (Å²) in [5.74, 6) is 0. The number of hydrogen-bond acceptors (Lipinski definition) is 1. The van der Waals surface area contributed by atoms with Gasteiger partial charge >= 0.3 is 0 Å². The Morgan fingerprint density at radius 3 is 3.14 bits per heavy atom. The van der Waals surface area contributed by atoms with Crippen molar-refractivity contribution in [3.63, 3.8) is 0 Å². The normalized spacial score (nSPS) is 13.7. The molecule has 0 atom stereocenters. The van der Waals surface area contributed by atoms with E-state index in [1.165, 1.54) is 5.22 Å². The second kappa shape index (κ2) is 5.82. The first-order valence-electron chi connectivity index (χ1n) is 4.76. The molecule has 0 aliphatic heterocycles. The molecule has 1 aromatic rings. The Morgan fingerprint density at radius 2 is 2.43 bits per heavy atom. The summed E-state index contributed by atoms with van der Waals surface area (Å²) in [5, 5.41) is 10.6. The van der Waals surface area contributed by atoms with Crippen molar-refractivity contribution in [2.24, 2.45) is 0 Å². The van der Waals surface area contributed by atoms with Crippen molar-refractivity contribution in [3.05, 3.63) is 35.0 Å². The van der Waals surface area contributed by atoms with Crippen LogP contribution in [0.2, 0.25) is 0 Å². The SMILES string of the molecule is CC/C=c1/cc[nH]/c1=C/C=C\CC#N. The van der Waals surface area contributed by atoms with E-state index in [1.54, 1.807) is 0 Å². The first-order chi connectivity index (χ1) is 6.88. The van der Waals surface area contributed by atoms with Gasteiger partial charge in [-0.25, -0.2) is 0 Å². The minimum atomic E-state index is 0.462. The van der Waals surface area contributed by atoms with Crippen LogP contribution >= 0.6 is 0 Å². The quantitative estimate of drug-likeness (QED) is 0.762. The lowest BCUT2D eigenvalue weighted by atomic mass is 10.3. The van der Waals surface area contributed by atoms with Gasteiger partial charge in [-0.05, 0) is 23.8 Å². The molecule has 0 aromatic carbocycles. The van der Waals surface area contributed by atoms with Crippen LogP contribution in [0.25, 0.3) is 12.2 Å².